The highest BCUT2D eigenvalue weighted by Crippen LogP contribution is 2.32. The van der Waals surface area contributed by atoms with Crippen molar-refractivity contribution in [1.29, 1.82) is 0 Å². The lowest BCUT2D eigenvalue weighted by Gasteiger charge is -2.15. The summed E-state index contributed by atoms with van der Waals surface area (Å²) < 4.78 is 41.3. The third kappa shape index (κ3) is 2.34. The Morgan fingerprint density at radius 1 is 0.913 bits per heavy atom. The Morgan fingerprint density at radius 2 is 1.52 bits per heavy atom. The SMILES string of the molecule is Cn1c(=O)n(-c2ccccc2C(F)(F)F)c(=O)c2ccccc21. The summed E-state index contributed by atoms with van der Waals surface area (Å²) in [4.78, 5) is 25.0. The number of fused-ring (bicyclic) bond motifs is 1. The van der Waals surface area contributed by atoms with Crippen LogP contribution in [0.3, 0.4) is 0 Å². The van der Waals surface area contributed by atoms with Crippen LogP contribution in [0.1, 0.15) is 5.56 Å². The molecule has 4 nitrogen and oxygen atoms in total. The second-order valence-electron chi connectivity index (χ2n) is 5.01. The van der Waals surface area contributed by atoms with Crippen molar-refractivity contribution >= 4 is 10.9 Å². The third-order valence-electron chi connectivity index (χ3n) is 3.63. The van der Waals surface area contributed by atoms with E-state index in [0.29, 0.717) is 10.1 Å². The zero-order chi connectivity index (χ0) is 16.8. The van der Waals surface area contributed by atoms with Gasteiger partial charge in [-0.25, -0.2) is 9.36 Å². The zero-order valence-corrected chi connectivity index (χ0v) is 12.0. The Balaban J connectivity index is 2.49. The van der Waals surface area contributed by atoms with E-state index in [4.69, 9.17) is 0 Å². The highest BCUT2D eigenvalue weighted by atomic mass is 19.4. The second kappa shape index (κ2) is 5.12. The van der Waals surface area contributed by atoms with E-state index in [0.717, 1.165) is 16.7 Å². The van der Waals surface area contributed by atoms with Gasteiger partial charge >= 0.3 is 11.9 Å². The first-order chi connectivity index (χ1) is 10.8. The summed E-state index contributed by atoms with van der Waals surface area (Å²) in [7, 11) is 1.41. The van der Waals surface area contributed by atoms with Crippen LogP contribution in [0.2, 0.25) is 0 Å². The van der Waals surface area contributed by atoms with Gasteiger partial charge in [-0.3, -0.25) is 9.36 Å². The van der Waals surface area contributed by atoms with Crippen LogP contribution in [-0.2, 0) is 13.2 Å². The summed E-state index contributed by atoms with van der Waals surface area (Å²) in [5.41, 5.74) is -2.75. The van der Waals surface area contributed by atoms with Crippen LogP contribution in [0, 0.1) is 0 Å². The molecule has 0 bridgehead atoms. The van der Waals surface area contributed by atoms with Gasteiger partial charge in [0.1, 0.15) is 0 Å². The summed E-state index contributed by atoms with van der Waals surface area (Å²) in [6, 6.07) is 10.8. The molecule has 2 aromatic carbocycles. The van der Waals surface area contributed by atoms with Crippen LogP contribution < -0.4 is 11.2 Å². The molecule has 23 heavy (non-hydrogen) atoms. The van der Waals surface area contributed by atoms with Crippen molar-refractivity contribution in [2.24, 2.45) is 7.05 Å². The molecule has 1 heterocycles. The van der Waals surface area contributed by atoms with Gasteiger partial charge in [0.25, 0.3) is 5.56 Å². The fourth-order valence-electron chi connectivity index (χ4n) is 2.53. The lowest BCUT2D eigenvalue weighted by Crippen LogP contribution is -2.38. The van der Waals surface area contributed by atoms with Gasteiger partial charge in [-0.1, -0.05) is 24.3 Å². The van der Waals surface area contributed by atoms with Crippen molar-refractivity contribution in [3.63, 3.8) is 0 Å². The van der Waals surface area contributed by atoms with E-state index in [1.165, 1.54) is 25.2 Å². The van der Waals surface area contributed by atoms with Crippen LogP contribution in [0.4, 0.5) is 13.2 Å². The smallest absolute Gasteiger partial charge is 0.296 e. The molecule has 0 saturated carbocycles. The van der Waals surface area contributed by atoms with Gasteiger partial charge in [-0.15, -0.1) is 0 Å². The number of para-hydroxylation sites is 2. The zero-order valence-electron chi connectivity index (χ0n) is 12.0. The summed E-state index contributed by atoms with van der Waals surface area (Å²) in [5, 5.41) is 0.173. The predicted octanol–water partition coefficient (Wildman–Crippen LogP) is 2.71. The number of hydrogen-bond donors (Lipinski definition) is 0. The molecule has 0 N–H and O–H groups in total. The van der Waals surface area contributed by atoms with Crippen LogP contribution in [0.25, 0.3) is 16.6 Å². The van der Waals surface area contributed by atoms with E-state index < -0.39 is 28.7 Å². The van der Waals surface area contributed by atoms with Crippen LogP contribution >= 0.6 is 0 Å². The molecule has 0 unspecified atom stereocenters. The van der Waals surface area contributed by atoms with Gasteiger partial charge in [-0.2, -0.15) is 13.2 Å². The van der Waals surface area contributed by atoms with Crippen molar-refractivity contribution in [1.82, 2.24) is 9.13 Å². The fourth-order valence-corrected chi connectivity index (χ4v) is 2.53. The minimum absolute atomic E-state index is 0.173. The summed E-state index contributed by atoms with van der Waals surface area (Å²) >= 11 is 0. The van der Waals surface area contributed by atoms with E-state index in [1.54, 1.807) is 18.2 Å². The Morgan fingerprint density at radius 3 is 2.22 bits per heavy atom. The van der Waals surface area contributed by atoms with E-state index in [2.05, 4.69) is 0 Å². The predicted molar refractivity (Wildman–Crippen MR) is 79.8 cm³/mol. The Bertz CT molecular complexity index is 1020. The highest BCUT2D eigenvalue weighted by Gasteiger charge is 2.34. The monoisotopic (exact) mass is 320 g/mol. The number of aryl methyl sites for hydroxylation is 1. The topological polar surface area (TPSA) is 44.0 Å². The molecule has 7 heteroatoms. The van der Waals surface area contributed by atoms with Gasteiger partial charge in [0.05, 0.1) is 22.2 Å². The van der Waals surface area contributed by atoms with E-state index >= 15 is 0 Å². The van der Waals surface area contributed by atoms with Crippen molar-refractivity contribution in [2.45, 2.75) is 6.18 Å². The first kappa shape index (κ1) is 15.1. The molecule has 0 aliphatic carbocycles. The molecular formula is C16H11F3N2O2. The highest BCUT2D eigenvalue weighted by molar-refractivity contribution is 5.78. The minimum atomic E-state index is -4.67. The average molecular weight is 320 g/mol. The lowest BCUT2D eigenvalue weighted by atomic mass is 10.1. The molecule has 118 valence electrons. The molecule has 0 aliphatic rings. The average Bonchev–Trinajstić information content (AvgIpc) is 2.52. The normalized spacial score (nSPS) is 11.8. The second-order valence-corrected chi connectivity index (χ2v) is 5.01. The Kier molecular flexibility index (Phi) is 3.35. The number of nitrogens with zero attached hydrogens (tertiary/aromatic N) is 2. The van der Waals surface area contributed by atoms with Gasteiger partial charge in [-0.05, 0) is 24.3 Å². The van der Waals surface area contributed by atoms with Crippen LogP contribution in [-0.4, -0.2) is 9.13 Å². The molecule has 3 rings (SSSR count). The number of alkyl halides is 3. The number of benzene rings is 2. The van der Waals surface area contributed by atoms with Gasteiger partial charge in [0.15, 0.2) is 0 Å². The van der Waals surface area contributed by atoms with Crippen LogP contribution in [0.15, 0.2) is 58.1 Å². The summed E-state index contributed by atoms with van der Waals surface area (Å²) in [5.74, 6) is 0. The summed E-state index contributed by atoms with van der Waals surface area (Å²) in [6.07, 6.45) is -4.67. The fraction of sp³-hybridized carbons (Fsp3) is 0.125. The molecule has 0 fully saturated rings. The van der Waals surface area contributed by atoms with Crippen molar-refractivity contribution in [3.05, 3.63) is 74.9 Å². The number of hydrogen-bond acceptors (Lipinski definition) is 2. The van der Waals surface area contributed by atoms with Gasteiger partial charge < -0.3 is 0 Å². The van der Waals surface area contributed by atoms with Crippen molar-refractivity contribution in [3.8, 4) is 5.69 Å². The Labute approximate surface area is 128 Å². The van der Waals surface area contributed by atoms with Gasteiger partial charge in [0.2, 0.25) is 0 Å². The van der Waals surface area contributed by atoms with Crippen molar-refractivity contribution in [2.75, 3.05) is 0 Å². The molecule has 3 aromatic rings. The third-order valence-corrected chi connectivity index (χ3v) is 3.63. The van der Waals surface area contributed by atoms with Crippen molar-refractivity contribution < 1.29 is 13.2 Å². The Hall–Kier alpha value is -2.83. The molecule has 1 aromatic heterocycles. The largest absolute Gasteiger partial charge is 0.418 e. The number of aromatic nitrogens is 2. The standard InChI is InChI=1S/C16H11F3N2O2/c1-20-12-8-4-2-6-10(12)14(22)21(15(20)23)13-9-5-3-7-11(13)16(17,18)19/h2-9H,1H3. The molecule has 0 aliphatic heterocycles. The first-order valence-electron chi connectivity index (χ1n) is 6.70. The summed E-state index contributed by atoms with van der Waals surface area (Å²) in [6.45, 7) is 0. The molecular weight excluding hydrogens is 309 g/mol. The maximum absolute atomic E-state index is 13.2. The number of halogens is 3. The quantitative estimate of drug-likeness (QED) is 0.692. The number of rotatable bonds is 1. The molecule has 0 spiro atoms. The molecule has 0 amide bonds. The maximum Gasteiger partial charge on any atom is 0.418 e. The first-order valence-corrected chi connectivity index (χ1v) is 6.70. The van der Waals surface area contributed by atoms with E-state index in [9.17, 15) is 22.8 Å². The molecule has 0 atom stereocenters. The molecule has 0 saturated heterocycles. The lowest BCUT2D eigenvalue weighted by molar-refractivity contribution is -0.137. The van der Waals surface area contributed by atoms with E-state index in [-0.39, 0.29) is 5.39 Å². The maximum atomic E-state index is 13.2. The molecule has 0 radical (unpaired) electrons. The minimum Gasteiger partial charge on any atom is -0.296 e. The van der Waals surface area contributed by atoms with Gasteiger partial charge in [0, 0.05) is 7.05 Å². The van der Waals surface area contributed by atoms with E-state index in [1.807, 2.05) is 0 Å². The van der Waals surface area contributed by atoms with Crippen LogP contribution in [0.5, 0.6) is 0 Å².